The fraction of sp³-hybridized carbons (Fsp3) is 0.625. The summed E-state index contributed by atoms with van der Waals surface area (Å²) in [5.74, 6) is -4.60. The van der Waals surface area contributed by atoms with Crippen LogP contribution in [0.1, 0.15) is 50.5 Å². The molecule has 1 aliphatic heterocycles. The van der Waals surface area contributed by atoms with Gasteiger partial charge in [0.1, 0.15) is 0 Å². The van der Waals surface area contributed by atoms with Gasteiger partial charge in [0, 0.05) is 25.4 Å². The van der Waals surface area contributed by atoms with E-state index in [0.29, 0.717) is 32.3 Å². The number of aliphatic carboxylic acids is 1. The Hall–Kier alpha value is -1.79. The first-order chi connectivity index (χ1) is 14.3. The number of carboxylic acid groups (broad SMARTS) is 1. The highest BCUT2D eigenvalue weighted by Crippen LogP contribution is 2.50. The molecule has 4 nitrogen and oxygen atoms in total. The number of hydrogen-bond donors (Lipinski definition) is 2. The quantitative estimate of drug-likeness (QED) is 0.558. The van der Waals surface area contributed by atoms with Crippen LogP contribution in [0.15, 0.2) is 42.5 Å². The van der Waals surface area contributed by atoms with Crippen molar-refractivity contribution in [1.29, 1.82) is 0 Å². The SMILES string of the molecule is O=C(O)CCC[C@H]1CC[C@H]2[C@H](CC(F)(F)[C@@H]2/C=C/[C@H](O)CCc2ccccc2)OC1. The molecule has 3 rings (SSSR count). The summed E-state index contributed by atoms with van der Waals surface area (Å²) in [6, 6.07) is 9.79. The molecule has 2 aliphatic rings. The van der Waals surface area contributed by atoms with Crippen LogP contribution in [0.3, 0.4) is 0 Å². The van der Waals surface area contributed by atoms with Crippen LogP contribution in [-0.4, -0.2) is 40.9 Å². The Kier molecular flexibility index (Phi) is 8.00. The Bertz CT molecular complexity index is 706. The van der Waals surface area contributed by atoms with Gasteiger partial charge in [-0.05, 0) is 55.9 Å². The van der Waals surface area contributed by atoms with E-state index in [-0.39, 0.29) is 24.7 Å². The second-order valence-electron chi connectivity index (χ2n) is 8.73. The van der Waals surface area contributed by atoms with Gasteiger partial charge in [-0.3, -0.25) is 4.79 Å². The maximum atomic E-state index is 14.7. The third-order valence-electron chi connectivity index (χ3n) is 6.47. The fourth-order valence-corrected chi connectivity index (χ4v) is 4.78. The van der Waals surface area contributed by atoms with Gasteiger partial charge >= 0.3 is 5.97 Å². The highest BCUT2D eigenvalue weighted by atomic mass is 19.3. The van der Waals surface area contributed by atoms with E-state index in [9.17, 15) is 18.7 Å². The van der Waals surface area contributed by atoms with Crippen LogP contribution in [-0.2, 0) is 16.0 Å². The minimum atomic E-state index is -2.83. The Morgan fingerprint density at radius 2 is 2.03 bits per heavy atom. The predicted octanol–water partition coefficient (Wildman–Crippen LogP) is 4.86. The number of allylic oxidation sites excluding steroid dienone is 1. The fourth-order valence-electron chi connectivity index (χ4n) is 4.78. The van der Waals surface area contributed by atoms with Crippen LogP contribution in [0.2, 0.25) is 0 Å². The van der Waals surface area contributed by atoms with Crippen LogP contribution in [0.4, 0.5) is 8.78 Å². The summed E-state index contributed by atoms with van der Waals surface area (Å²) in [5.41, 5.74) is 1.11. The first-order valence-corrected chi connectivity index (χ1v) is 11.0. The average molecular weight is 423 g/mol. The number of fused-ring (bicyclic) bond motifs is 1. The summed E-state index contributed by atoms with van der Waals surface area (Å²) in [6.07, 6.45) is 5.61. The molecule has 2 N–H and O–H groups in total. The molecule has 166 valence electrons. The number of hydrogen-bond acceptors (Lipinski definition) is 3. The van der Waals surface area contributed by atoms with Crippen molar-refractivity contribution in [2.75, 3.05) is 6.61 Å². The predicted molar refractivity (Wildman–Crippen MR) is 110 cm³/mol. The van der Waals surface area contributed by atoms with Gasteiger partial charge in [-0.2, -0.15) is 0 Å². The second kappa shape index (κ2) is 10.5. The lowest BCUT2D eigenvalue weighted by molar-refractivity contribution is -0.137. The number of benzene rings is 1. The molecule has 1 heterocycles. The van der Waals surface area contributed by atoms with E-state index in [0.717, 1.165) is 18.4 Å². The smallest absolute Gasteiger partial charge is 0.303 e. The summed E-state index contributed by atoms with van der Waals surface area (Å²) in [7, 11) is 0. The molecule has 1 aromatic carbocycles. The Balaban J connectivity index is 1.54. The van der Waals surface area contributed by atoms with Crippen molar-refractivity contribution in [2.24, 2.45) is 17.8 Å². The van der Waals surface area contributed by atoms with Gasteiger partial charge in [0.05, 0.1) is 12.2 Å². The largest absolute Gasteiger partial charge is 0.481 e. The number of ether oxygens (including phenoxy) is 1. The monoisotopic (exact) mass is 422 g/mol. The van der Waals surface area contributed by atoms with Crippen molar-refractivity contribution < 1.29 is 28.5 Å². The van der Waals surface area contributed by atoms with E-state index >= 15 is 0 Å². The molecule has 1 aliphatic carbocycles. The Morgan fingerprint density at radius 3 is 2.77 bits per heavy atom. The van der Waals surface area contributed by atoms with Gasteiger partial charge in [0.25, 0.3) is 5.92 Å². The summed E-state index contributed by atoms with van der Waals surface area (Å²) >= 11 is 0. The van der Waals surface area contributed by atoms with E-state index in [2.05, 4.69) is 0 Å². The molecule has 1 saturated heterocycles. The molecule has 0 bridgehead atoms. The summed E-state index contributed by atoms with van der Waals surface area (Å²) in [6.45, 7) is 0.424. The van der Waals surface area contributed by atoms with Crippen LogP contribution >= 0.6 is 0 Å². The minimum absolute atomic E-state index is 0.133. The van der Waals surface area contributed by atoms with Gasteiger partial charge in [-0.1, -0.05) is 42.5 Å². The van der Waals surface area contributed by atoms with E-state index in [1.807, 2.05) is 30.3 Å². The number of alkyl halides is 2. The summed E-state index contributed by atoms with van der Waals surface area (Å²) in [4.78, 5) is 10.7. The topological polar surface area (TPSA) is 66.8 Å². The average Bonchev–Trinajstić information content (AvgIpc) is 2.82. The van der Waals surface area contributed by atoms with Crippen molar-refractivity contribution >= 4 is 5.97 Å². The molecule has 0 radical (unpaired) electrons. The van der Waals surface area contributed by atoms with Gasteiger partial charge in [-0.15, -0.1) is 0 Å². The number of rotatable bonds is 9. The molecule has 0 unspecified atom stereocenters. The van der Waals surface area contributed by atoms with E-state index < -0.39 is 30.0 Å². The van der Waals surface area contributed by atoms with Crippen molar-refractivity contribution in [3.8, 4) is 0 Å². The van der Waals surface area contributed by atoms with E-state index in [1.54, 1.807) is 0 Å². The molecule has 1 aromatic rings. The number of aliphatic hydroxyl groups excluding tert-OH is 1. The zero-order chi connectivity index (χ0) is 21.6. The molecular formula is C24H32F2O4. The Morgan fingerprint density at radius 1 is 1.27 bits per heavy atom. The third kappa shape index (κ3) is 6.35. The molecule has 30 heavy (non-hydrogen) atoms. The second-order valence-corrected chi connectivity index (χ2v) is 8.73. The van der Waals surface area contributed by atoms with E-state index in [4.69, 9.17) is 9.84 Å². The zero-order valence-electron chi connectivity index (χ0n) is 17.3. The highest BCUT2D eigenvalue weighted by molar-refractivity contribution is 5.66. The van der Waals surface area contributed by atoms with Gasteiger partial charge < -0.3 is 14.9 Å². The lowest BCUT2D eigenvalue weighted by Gasteiger charge is -2.22. The minimum Gasteiger partial charge on any atom is -0.481 e. The molecule has 0 aromatic heterocycles. The van der Waals surface area contributed by atoms with Crippen molar-refractivity contribution in [3.63, 3.8) is 0 Å². The van der Waals surface area contributed by atoms with Crippen LogP contribution in [0.25, 0.3) is 0 Å². The number of halogens is 2. The third-order valence-corrected chi connectivity index (χ3v) is 6.47. The molecule has 2 fully saturated rings. The summed E-state index contributed by atoms with van der Waals surface area (Å²) < 4.78 is 35.2. The highest BCUT2D eigenvalue weighted by Gasteiger charge is 2.55. The van der Waals surface area contributed by atoms with Gasteiger partial charge in [0.15, 0.2) is 0 Å². The van der Waals surface area contributed by atoms with Crippen LogP contribution in [0, 0.1) is 17.8 Å². The van der Waals surface area contributed by atoms with Crippen molar-refractivity contribution in [3.05, 3.63) is 48.0 Å². The van der Waals surface area contributed by atoms with Gasteiger partial charge in [-0.25, -0.2) is 8.78 Å². The van der Waals surface area contributed by atoms with Crippen molar-refractivity contribution in [2.45, 2.75) is 69.5 Å². The van der Waals surface area contributed by atoms with Crippen molar-refractivity contribution in [1.82, 2.24) is 0 Å². The lowest BCUT2D eigenvalue weighted by Crippen LogP contribution is -2.25. The first kappa shape index (κ1) is 22.9. The zero-order valence-corrected chi connectivity index (χ0v) is 17.3. The number of aryl methyl sites for hydroxylation is 1. The van der Waals surface area contributed by atoms with E-state index in [1.165, 1.54) is 12.2 Å². The first-order valence-electron chi connectivity index (χ1n) is 11.0. The summed E-state index contributed by atoms with van der Waals surface area (Å²) in [5, 5.41) is 19.1. The lowest BCUT2D eigenvalue weighted by atomic mass is 9.86. The molecule has 6 heteroatoms. The molecule has 1 saturated carbocycles. The maximum absolute atomic E-state index is 14.7. The maximum Gasteiger partial charge on any atom is 0.303 e. The number of carboxylic acids is 1. The molecule has 0 amide bonds. The standard InChI is InChI=1S/C24H32F2O4/c25-24(26)15-22-20(13-10-18(16-30-22)7-4-8-23(28)29)21(24)14-12-19(27)11-9-17-5-2-1-3-6-17/h1-3,5-6,12,14,18-22,27H,4,7-11,13,15-16H2,(H,28,29)/b14-12+/t18-,19+,20+,21+,22-/m0/s1. The normalized spacial score (nSPS) is 29.4. The molecular weight excluding hydrogens is 390 g/mol. The van der Waals surface area contributed by atoms with Gasteiger partial charge in [0.2, 0.25) is 0 Å². The molecule has 0 spiro atoms. The molecule has 5 atom stereocenters. The number of aliphatic hydroxyl groups is 1. The van der Waals surface area contributed by atoms with Crippen LogP contribution in [0.5, 0.6) is 0 Å². The number of carbonyl (C=O) groups is 1. The van der Waals surface area contributed by atoms with Crippen LogP contribution < -0.4 is 0 Å². The Labute approximate surface area is 176 Å².